The largest absolute Gasteiger partial charge is 0.488 e. The summed E-state index contributed by atoms with van der Waals surface area (Å²) in [6.45, 7) is 1.81. The van der Waals surface area contributed by atoms with Crippen LogP contribution in [-0.4, -0.2) is 18.0 Å². The van der Waals surface area contributed by atoms with Crippen LogP contribution < -0.4 is 15.5 Å². The van der Waals surface area contributed by atoms with Crippen molar-refractivity contribution in [2.75, 3.05) is 5.32 Å². The number of halogens is 1. The molecule has 3 rings (SSSR count). The van der Waals surface area contributed by atoms with Crippen LogP contribution in [0.15, 0.2) is 84.0 Å². The second-order valence-corrected chi connectivity index (χ2v) is 6.74. The molecule has 7 heteroatoms. The summed E-state index contributed by atoms with van der Waals surface area (Å²) in [6, 6.07) is 22.7. The Kier molecular flexibility index (Phi) is 7.48. The molecule has 3 aromatic rings. The van der Waals surface area contributed by atoms with Gasteiger partial charge in [0.1, 0.15) is 24.1 Å². The molecule has 2 amide bonds. The van der Waals surface area contributed by atoms with E-state index >= 15 is 0 Å². The number of benzene rings is 3. The Hall–Kier alpha value is -4.00. The lowest BCUT2D eigenvalue weighted by molar-refractivity contribution is -0.131. The zero-order valence-corrected chi connectivity index (χ0v) is 16.9. The Labute approximate surface area is 179 Å². The third kappa shape index (κ3) is 6.24. The first-order valence-corrected chi connectivity index (χ1v) is 9.68. The van der Waals surface area contributed by atoms with Crippen molar-refractivity contribution in [2.24, 2.45) is 11.0 Å². The fourth-order valence-electron chi connectivity index (χ4n) is 2.64. The van der Waals surface area contributed by atoms with Gasteiger partial charge in [0.15, 0.2) is 0 Å². The van der Waals surface area contributed by atoms with Crippen molar-refractivity contribution in [1.82, 2.24) is 5.43 Å². The minimum absolute atomic E-state index is 0.0140. The number of hydrogen-bond acceptors (Lipinski definition) is 4. The topological polar surface area (TPSA) is 79.8 Å². The van der Waals surface area contributed by atoms with Crippen LogP contribution in [0, 0.1) is 11.7 Å². The van der Waals surface area contributed by atoms with Gasteiger partial charge in [0.25, 0.3) is 5.91 Å². The molecule has 0 fully saturated rings. The smallest absolute Gasteiger partial charge is 0.252 e. The van der Waals surface area contributed by atoms with Gasteiger partial charge in [0, 0.05) is 5.56 Å². The highest BCUT2D eigenvalue weighted by Crippen LogP contribution is 2.18. The van der Waals surface area contributed by atoms with Crippen molar-refractivity contribution < 1.29 is 18.7 Å². The van der Waals surface area contributed by atoms with Crippen molar-refractivity contribution in [3.05, 3.63) is 95.8 Å². The highest BCUT2D eigenvalue weighted by atomic mass is 19.1. The monoisotopic (exact) mass is 419 g/mol. The Bertz CT molecular complexity index is 1070. The summed E-state index contributed by atoms with van der Waals surface area (Å²) < 4.78 is 19.5. The highest BCUT2D eigenvalue weighted by Gasteiger charge is 2.22. The molecule has 0 bridgehead atoms. The van der Waals surface area contributed by atoms with E-state index in [1.54, 1.807) is 18.2 Å². The van der Waals surface area contributed by atoms with Crippen LogP contribution in [0.4, 0.5) is 10.1 Å². The van der Waals surface area contributed by atoms with Gasteiger partial charge in [-0.3, -0.25) is 9.59 Å². The Morgan fingerprint density at radius 1 is 0.968 bits per heavy atom. The Balaban J connectivity index is 1.56. The lowest BCUT2D eigenvalue weighted by Crippen LogP contribution is -2.34. The van der Waals surface area contributed by atoms with Gasteiger partial charge in [-0.15, -0.1) is 0 Å². The predicted molar refractivity (Wildman–Crippen MR) is 117 cm³/mol. The maximum atomic E-state index is 13.7. The average Bonchev–Trinajstić information content (AvgIpc) is 2.80. The number of hydrazone groups is 1. The van der Waals surface area contributed by atoms with Crippen LogP contribution in [0.5, 0.6) is 5.75 Å². The van der Waals surface area contributed by atoms with Gasteiger partial charge in [0.05, 0.1) is 11.9 Å². The zero-order chi connectivity index (χ0) is 22.1. The molecule has 0 saturated heterocycles. The van der Waals surface area contributed by atoms with Crippen LogP contribution in [-0.2, 0) is 16.2 Å². The predicted octanol–water partition coefficient (Wildman–Crippen LogP) is 4.13. The minimum Gasteiger partial charge on any atom is -0.488 e. The summed E-state index contributed by atoms with van der Waals surface area (Å²) in [5.41, 5.74) is 4.04. The van der Waals surface area contributed by atoms with Crippen molar-refractivity contribution in [3.63, 3.8) is 0 Å². The van der Waals surface area contributed by atoms with E-state index in [0.717, 1.165) is 5.56 Å². The van der Waals surface area contributed by atoms with Crippen molar-refractivity contribution in [2.45, 2.75) is 13.5 Å². The molecule has 0 radical (unpaired) electrons. The van der Waals surface area contributed by atoms with Crippen molar-refractivity contribution in [1.29, 1.82) is 0 Å². The zero-order valence-electron chi connectivity index (χ0n) is 16.9. The van der Waals surface area contributed by atoms with Crippen molar-refractivity contribution >= 4 is 23.7 Å². The Morgan fingerprint density at radius 2 is 1.65 bits per heavy atom. The normalized spacial score (nSPS) is 11.7. The number of carbonyl (C=O) groups is 2. The van der Waals surface area contributed by atoms with Crippen LogP contribution in [0.1, 0.15) is 18.1 Å². The van der Waals surface area contributed by atoms with Gasteiger partial charge >= 0.3 is 0 Å². The van der Waals surface area contributed by atoms with Crippen LogP contribution in [0.25, 0.3) is 0 Å². The standard InChI is InChI=1S/C24H22FN3O3/c1-17(23(29)27-21-13-7-6-12-20(21)25)24(30)28-26-15-19-11-5-8-14-22(19)31-16-18-9-3-2-4-10-18/h2-15,17H,16H2,1H3,(H,27,29)(H,28,30). The van der Waals surface area contributed by atoms with E-state index in [1.807, 2.05) is 42.5 Å². The number of rotatable bonds is 8. The second kappa shape index (κ2) is 10.7. The summed E-state index contributed by atoms with van der Waals surface area (Å²) in [4.78, 5) is 24.4. The lowest BCUT2D eigenvalue weighted by Gasteiger charge is -2.11. The molecular weight excluding hydrogens is 397 g/mol. The van der Waals surface area contributed by atoms with Crippen molar-refractivity contribution in [3.8, 4) is 5.75 Å². The fraction of sp³-hybridized carbons (Fsp3) is 0.125. The van der Waals surface area contributed by atoms with E-state index in [0.29, 0.717) is 17.9 Å². The third-order valence-corrected chi connectivity index (χ3v) is 4.45. The first-order valence-electron chi connectivity index (χ1n) is 9.68. The van der Waals surface area contributed by atoms with Gasteiger partial charge in [-0.05, 0) is 36.8 Å². The van der Waals surface area contributed by atoms with E-state index in [2.05, 4.69) is 15.8 Å². The van der Waals surface area contributed by atoms with E-state index in [1.165, 1.54) is 31.3 Å². The molecule has 0 aliphatic heterocycles. The highest BCUT2D eigenvalue weighted by molar-refractivity contribution is 6.06. The third-order valence-electron chi connectivity index (χ3n) is 4.45. The number of anilines is 1. The van der Waals surface area contributed by atoms with Gasteiger partial charge in [-0.25, -0.2) is 9.82 Å². The first kappa shape index (κ1) is 21.7. The molecule has 31 heavy (non-hydrogen) atoms. The molecular formula is C24H22FN3O3. The Morgan fingerprint density at radius 3 is 2.42 bits per heavy atom. The summed E-state index contributed by atoms with van der Waals surface area (Å²) in [5, 5.41) is 6.32. The van der Waals surface area contributed by atoms with E-state index < -0.39 is 23.5 Å². The first-order chi connectivity index (χ1) is 15.0. The van der Waals surface area contributed by atoms with Crippen LogP contribution in [0.2, 0.25) is 0 Å². The van der Waals surface area contributed by atoms with Gasteiger partial charge in [0.2, 0.25) is 5.91 Å². The lowest BCUT2D eigenvalue weighted by atomic mass is 10.1. The summed E-state index contributed by atoms with van der Waals surface area (Å²) >= 11 is 0. The maximum Gasteiger partial charge on any atom is 0.252 e. The summed E-state index contributed by atoms with van der Waals surface area (Å²) in [6.07, 6.45) is 1.44. The molecule has 0 saturated carbocycles. The van der Waals surface area contributed by atoms with Crippen LogP contribution in [0.3, 0.4) is 0 Å². The average molecular weight is 419 g/mol. The minimum atomic E-state index is -1.07. The maximum absolute atomic E-state index is 13.7. The van der Waals surface area contributed by atoms with E-state index in [9.17, 15) is 14.0 Å². The second-order valence-electron chi connectivity index (χ2n) is 6.74. The molecule has 0 spiro atoms. The van der Waals surface area contributed by atoms with E-state index in [-0.39, 0.29) is 5.69 Å². The van der Waals surface area contributed by atoms with Gasteiger partial charge < -0.3 is 10.1 Å². The quantitative estimate of drug-likeness (QED) is 0.327. The number of para-hydroxylation sites is 2. The molecule has 0 aromatic heterocycles. The molecule has 0 aliphatic rings. The molecule has 1 atom stereocenters. The molecule has 1 unspecified atom stereocenters. The summed E-state index contributed by atoms with van der Waals surface area (Å²) in [5.74, 6) is -2.29. The van der Waals surface area contributed by atoms with Gasteiger partial charge in [-0.1, -0.05) is 54.6 Å². The number of amides is 2. The number of hydrogen-bond donors (Lipinski definition) is 2. The molecule has 2 N–H and O–H groups in total. The molecule has 0 aliphatic carbocycles. The fourth-order valence-corrected chi connectivity index (χ4v) is 2.64. The number of nitrogens with one attached hydrogen (secondary N) is 2. The molecule has 158 valence electrons. The van der Waals surface area contributed by atoms with E-state index in [4.69, 9.17) is 4.74 Å². The molecule has 6 nitrogen and oxygen atoms in total. The summed E-state index contributed by atoms with van der Waals surface area (Å²) in [7, 11) is 0. The van der Waals surface area contributed by atoms with Gasteiger partial charge in [-0.2, -0.15) is 5.10 Å². The molecule has 0 heterocycles. The number of carbonyl (C=O) groups excluding carboxylic acids is 2. The number of ether oxygens (including phenoxy) is 1. The van der Waals surface area contributed by atoms with Crippen LogP contribution >= 0.6 is 0 Å². The molecule has 3 aromatic carbocycles. The SMILES string of the molecule is CC(C(=O)NN=Cc1ccccc1OCc1ccccc1)C(=O)Nc1ccccc1F. The number of nitrogens with zero attached hydrogens (tertiary/aromatic N) is 1.